The number of carboxylic acids is 1. The first-order chi connectivity index (χ1) is 9.15. The lowest BCUT2D eigenvalue weighted by molar-refractivity contribution is 0.0690. The molecule has 2 aromatic rings. The van der Waals surface area contributed by atoms with Crippen LogP contribution < -0.4 is 0 Å². The van der Waals surface area contributed by atoms with E-state index in [0.717, 1.165) is 24.4 Å². The minimum Gasteiger partial charge on any atom is -0.477 e. The van der Waals surface area contributed by atoms with Crippen molar-refractivity contribution in [2.75, 3.05) is 0 Å². The number of rotatable bonds is 2. The van der Waals surface area contributed by atoms with Crippen LogP contribution in [-0.2, 0) is 0 Å². The molecular formula is C13H16N4O2. The van der Waals surface area contributed by atoms with E-state index < -0.39 is 5.97 Å². The molecule has 0 saturated heterocycles. The van der Waals surface area contributed by atoms with E-state index in [1.165, 1.54) is 25.3 Å². The Balaban J connectivity index is 2.04. The maximum Gasteiger partial charge on any atom is 0.354 e. The second kappa shape index (κ2) is 4.60. The first-order valence-electron chi connectivity index (χ1n) is 6.63. The molecule has 1 N–H and O–H groups in total. The first-order valence-corrected chi connectivity index (χ1v) is 6.63. The van der Waals surface area contributed by atoms with Crippen LogP contribution in [0.25, 0.3) is 5.78 Å². The summed E-state index contributed by atoms with van der Waals surface area (Å²) in [6.45, 7) is 1.82. The van der Waals surface area contributed by atoms with Gasteiger partial charge in [-0.25, -0.2) is 14.3 Å². The molecule has 1 saturated carbocycles. The summed E-state index contributed by atoms with van der Waals surface area (Å²) in [6.07, 6.45) is 5.94. The second-order valence-corrected chi connectivity index (χ2v) is 5.10. The second-order valence-electron chi connectivity index (χ2n) is 5.10. The van der Waals surface area contributed by atoms with Crippen molar-refractivity contribution >= 4 is 11.7 Å². The zero-order chi connectivity index (χ0) is 13.4. The van der Waals surface area contributed by atoms with Crippen LogP contribution in [0.15, 0.2) is 6.07 Å². The van der Waals surface area contributed by atoms with Crippen molar-refractivity contribution in [3.63, 3.8) is 0 Å². The number of hydrogen-bond acceptors (Lipinski definition) is 4. The average molecular weight is 260 g/mol. The molecule has 1 fully saturated rings. The summed E-state index contributed by atoms with van der Waals surface area (Å²) in [7, 11) is 0. The van der Waals surface area contributed by atoms with E-state index in [0.29, 0.717) is 11.7 Å². The topological polar surface area (TPSA) is 80.4 Å². The third kappa shape index (κ3) is 2.18. The van der Waals surface area contributed by atoms with Crippen LogP contribution >= 0.6 is 0 Å². The maximum atomic E-state index is 11.0. The molecule has 2 heterocycles. The summed E-state index contributed by atoms with van der Waals surface area (Å²) >= 11 is 0. The van der Waals surface area contributed by atoms with Crippen molar-refractivity contribution in [2.45, 2.75) is 44.9 Å². The molecule has 0 aliphatic heterocycles. The molecule has 3 rings (SSSR count). The zero-order valence-corrected chi connectivity index (χ0v) is 10.8. The Hall–Kier alpha value is -1.98. The largest absolute Gasteiger partial charge is 0.477 e. The van der Waals surface area contributed by atoms with Crippen LogP contribution in [-0.4, -0.2) is 30.7 Å². The molecule has 0 spiro atoms. The Kier molecular flexibility index (Phi) is 2.93. The molecule has 1 aliphatic rings. The van der Waals surface area contributed by atoms with Crippen LogP contribution in [0.4, 0.5) is 0 Å². The van der Waals surface area contributed by atoms with E-state index in [-0.39, 0.29) is 5.69 Å². The van der Waals surface area contributed by atoms with Crippen molar-refractivity contribution in [1.82, 2.24) is 19.6 Å². The fourth-order valence-corrected chi connectivity index (χ4v) is 2.67. The van der Waals surface area contributed by atoms with Gasteiger partial charge in [0.25, 0.3) is 5.78 Å². The highest BCUT2D eigenvalue weighted by Crippen LogP contribution is 2.30. The third-order valence-electron chi connectivity index (χ3n) is 3.70. The Morgan fingerprint density at radius 2 is 2.05 bits per heavy atom. The molecule has 0 amide bonds. The molecule has 0 bridgehead atoms. The van der Waals surface area contributed by atoms with Crippen molar-refractivity contribution in [3.8, 4) is 0 Å². The molecule has 0 radical (unpaired) electrons. The molecule has 6 nitrogen and oxygen atoms in total. The lowest BCUT2D eigenvalue weighted by Gasteiger charge is -2.17. The van der Waals surface area contributed by atoms with Crippen molar-refractivity contribution in [3.05, 3.63) is 23.3 Å². The number of fused-ring (bicyclic) bond motifs is 1. The number of carboxylic acid groups (broad SMARTS) is 1. The van der Waals surface area contributed by atoms with Crippen LogP contribution in [0.5, 0.6) is 0 Å². The molecule has 19 heavy (non-hydrogen) atoms. The Morgan fingerprint density at radius 3 is 2.74 bits per heavy atom. The van der Waals surface area contributed by atoms with Gasteiger partial charge in [-0.05, 0) is 25.8 Å². The van der Waals surface area contributed by atoms with E-state index in [9.17, 15) is 4.79 Å². The minimum absolute atomic E-state index is 0.0209. The molecule has 100 valence electrons. The van der Waals surface area contributed by atoms with E-state index >= 15 is 0 Å². The number of aromatic nitrogens is 4. The maximum absolute atomic E-state index is 11.0. The lowest BCUT2D eigenvalue weighted by atomic mass is 9.89. The summed E-state index contributed by atoms with van der Waals surface area (Å²) in [5.41, 5.74) is 0.768. The zero-order valence-electron chi connectivity index (χ0n) is 10.8. The van der Waals surface area contributed by atoms with Crippen molar-refractivity contribution < 1.29 is 9.90 Å². The van der Waals surface area contributed by atoms with E-state index in [1.54, 1.807) is 4.52 Å². The molecule has 0 aromatic carbocycles. The molecule has 0 atom stereocenters. The molecule has 0 unspecified atom stereocenters. The van der Waals surface area contributed by atoms with Gasteiger partial charge in [-0.15, -0.1) is 5.10 Å². The normalized spacial score (nSPS) is 16.9. The predicted octanol–water partition coefficient (Wildman–Crippen LogP) is 2.18. The molecule has 1 aliphatic carbocycles. The van der Waals surface area contributed by atoms with Gasteiger partial charge in [0, 0.05) is 11.6 Å². The van der Waals surface area contributed by atoms with Crippen LogP contribution in [0.2, 0.25) is 0 Å². The Morgan fingerprint density at radius 1 is 1.32 bits per heavy atom. The highest BCUT2D eigenvalue weighted by molar-refractivity contribution is 5.85. The quantitative estimate of drug-likeness (QED) is 0.895. The van der Waals surface area contributed by atoms with Crippen LogP contribution in [0.3, 0.4) is 0 Å². The van der Waals surface area contributed by atoms with Crippen molar-refractivity contribution in [2.24, 2.45) is 0 Å². The van der Waals surface area contributed by atoms with E-state index in [2.05, 4.69) is 15.1 Å². The predicted molar refractivity (Wildman–Crippen MR) is 68.3 cm³/mol. The Bertz CT molecular complexity index is 629. The van der Waals surface area contributed by atoms with Gasteiger partial charge < -0.3 is 5.11 Å². The summed E-state index contributed by atoms with van der Waals surface area (Å²) in [5.74, 6) is 0.548. The monoisotopic (exact) mass is 260 g/mol. The Labute approximate surface area is 110 Å². The third-order valence-corrected chi connectivity index (χ3v) is 3.70. The fraction of sp³-hybridized carbons (Fsp3) is 0.538. The van der Waals surface area contributed by atoms with E-state index in [1.807, 2.05) is 6.92 Å². The number of aromatic carboxylic acids is 1. The summed E-state index contributed by atoms with van der Waals surface area (Å²) in [5, 5.41) is 13.5. The first kappa shape index (κ1) is 12.1. The molecular weight excluding hydrogens is 244 g/mol. The number of nitrogens with zero attached hydrogens (tertiary/aromatic N) is 4. The van der Waals surface area contributed by atoms with Gasteiger partial charge in [-0.3, -0.25) is 0 Å². The summed E-state index contributed by atoms with van der Waals surface area (Å²) < 4.78 is 1.64. The van der Waals surface area contributed by atoms with E-state index in [4.69, 9.17) is 5.11 Å². The van der Waals surface area contributed by atoms with Gasteiger partial charge in [0.05, 0.1) is 0 Å². The van der Waals surface area contributed by atoms with Gasteiger partial charge in [0.15, 0.2) is 11.5 Å². The smallest absolute Gasteiger partial charge is 0.354 e. The number of hydrogen-bond donors (Lipinski definition) is 1. The molecule has 2 aromatic heterocycles. The van der Waals surface area contributed by atoms with Gasteiger partial charge in [-0.1, -0.05) is 19.3 Å². The average Bonchev–Trinajstić information content (AvgIpc) is 2.84. The minimum atomic E-state index is -1.03. The van der Waals surface area contributed by atoms with Crippen LogP contribution in [0, 0.1) is 6.92 Å². The van der Waals surface area contributed by atoms with Gasteiger partial charge in [0.2, 0.25) is 0 Å². The molecule has 6 heteroatoms. The van der Waals surface area contributed by atoms with Gasteiger partial charge >= 0.3 is 5.97 Å². The lowest BCUT2D eigenvalue weighted by Crippen LogP contribution is -2.07. The standard InChI is InChI=1S/C13H16N4O2/c1-8-7-10(12(18)19)14-13-15-11(16-17(8)13)9-5-3-2-4-6-9/h7,9H,2-6H2,1H3,(H,18,19). The van der Waals surface area contributed by atoms with Gasteiger partial charge in [-0.2, -0.15) is 4.98 Å². The summed E-state index contributed by atoms with van der Waals surface area (Å²) in [6, 6.07) is 1.52. The number of aryl methyl sites for hydroxylation is 1. The highest BCUT2D eigenvalue weighted by Gasteiger charge is 2.21. The van der Waals surface area contributed by atoms with Crippen molar-refractivity contribution in [1.29, 1.82) is 0 Å². The SMILES string of the molecule is Cc1cc(C(=O)O)nc2nc(C3CCCCC3)nn12. The fourth-order valence-electron chi connectivity index (χ4n) is 2.67. The highest BCUT2D eigenvalue weighted by atomic mass is 16.4. The number of carbonyl (C=O) groups is 1. The van der Waals surface area contributed by atoms with Gasteiger partial charge in [0.1, 0.15) is 0 Å². The summed E-state index contributed by atoms with van der Waals surface area (Å²) in [4.78, 5) is 19.4. The van der Waals surface area contributed by atoms with Crippen LogP contribution in [0.1, 0.15) is 60.0 Å².